The van der Waals surface area contributed by atoms with Gasteiger partial charge >= 0.3 is 6.09 Å². The molecule has 4 aliphatic heterocycles. The molecule has 15 heteroatoms. The highest BCUT2D eigenvalue weighted by atomic mass is 35.5. The number of likely N-dealkylation sites (tertiary alicyclic amines) is 2. The Bertz CT molecular complexity index is 2080. The summed E-state index contributed by atoms with van der Waals surface area (Å²) in [6, 6.07) is 14.9. The molecule has 0 bridgehead atoms. The molecule has 3 N–H and O–H groups in total. The summed E-state index contributed by atoms with van der Waals surface area (Å²) >= 11 is 13.5. The summed E-state index contributed by atoms with van der Waals surface area (Å²) in [5.74, 6) is 1.69. The van der Waals surface area contributed by atoms with Crippen molar-refractivity contribution in [2.45, 2.75) is 88.9 Å². The number of nitrogens with zero attached hydrogens (tertiary/aromatic N) is 4. The van der Waals surface area contributed by atoms with Crippen LogP contribution in [0.25, 0.3) is 33.6 Å². The van der Waals surface area contributed by atoms with Gasteiger partial charge in [0.2, 0.25) is 11.8 Å². The van der Waals surface area contributed by atoms with Crippen LogP contribution in [0, 0.1) is 11.8 Å². The van der Waals surface area contributed by atoms with Gasteiger partial charge in [0.05, 0.1) is 19.2 Å². The van der Waals surface area contributed by atoms with Gasteiger partial charge in [-0.3, -0.25) is 9.59 Å². The number of carbonyl (C=O) groups is 3. The van der Waals surface area contributed by atoms with Crippen LogP contribution in [-0.4, -0.2) is 99.8 Å². The maximum atomic E-state index is 14.2. The number of amides is 3. The van der Waals surface area contributed by atoms with Crippen LogP contribution < -0.4 is 5.32 Å². The second-order valence-corrected chi connectivity index (χ2v) is 16.7. The maximum absolute atomic E-state index is 14.2. The molecule has 13 nitrogen and oxygen atoms in total. The van der Waals surface area contributed by atoms with Gasteiger partial charge in [-0.2, -0.15) is 0 Å². The van der Waals surface area contributed by atoms with Gasteiger partial charge in [0.15, 0.2) is 0 Å². The van der Waals surface area contributed by atoms with Crippen molar-refractivity contribution in [3.05, 3.63) is 70.5 Å². The number of ether oxygens (including phenoxy) is 3. The molecule has 2 aromatic carbocycles. The minimum absolute atomic E-state index is 0.0519. The van der Waals surface area contributed by atoms with E-state index in [0.717, 1.165) is 79.9 Å². The summed E-state index contributed by atoms with van der Waals surface area (Å²) in [5, 5.41) is 3.67. The second kappa shape index (κ2) is 17.8. The van der Waals surface area contributed by atoms with Gasteiger partial charge in [-0.15, -0.1) is 0 Å². The van der Waals surface area contributed by atoms with Crippen LogP contribution in [0.3, 0.4) is 0 Å². The number of alkyl carbamates (subject to hydrolysis) is 1. The van der Waals surface area contributed by atoms with Crippen LogP contribution in [0.4, 0.5) is 4.79 Å². The van der Waals surface area contributed by atoms with E-state index in [1.54, 1.807) is 0 Å². The van der Waals surface area contributed by atoms with Crippen molar-refractivity contribution < 1.29 is 28.6 Å². The molecule has 4 fully saturated rings. The van der Waals surface area contributed by atoms with Gasteiger partial charge in [0.25, 0.3) is 0 Å². The van der Waals surface area contributed by atoms with Crippen LogP contribution >= 0.6 is 23.2 Å². The van der Waals surface area contributed by atoms with E-state index in [0.29, 0.717) is 72.3 Å². The highest BCUT2D eigenvalue weighted by molar-refractivity contribution is 6.32. The molecule has 0 saturated carbocycles. The number of aromatic amines is 2. The topological polar surface area (TPSA) is 155 Å². The maximum Gasteiger partial charge on any atom is 0.407 e. The second-order valence-electron chi connectivity index (χ2n) is 16.0. The molecule has 58 heavy (non-hydrogen) atoms. The van der Waals surface area contributed by atoms with Crippen molar-refractivity contribution in [2.75, 3.05) is 40.1 Å². The number of hydrogen-bond donors (Lipinski definition) is 3. The van der Waals surface area contributed by atoms with E-state index in [-0.39, 0.29) is 35.9 Å². The molecular formula is C43H51Cl2N7O6. The number of benzene rings is 2. The predicted molar refractivity (Wildman–Crippen MR) is 220 cm³/mol. The lowest BCUT2D eigenvalue weighted by molar-refractivity contribution is -0.138. The zero-order valence-electron chi connectivity index (χ0n) is 33.0. The lowest BCUT2D eigenvalue weighted by Crippen LogP contribution is -2.54. The van der Waals surface area contributed by atoms with Crippen molar-refractivity contribution in [3.63, 3.8) is 0 Å². The van der Waals surface area contributed by atoms with E-state index in [2.05, 4.69) is 15.3 Å². The highest BCUT2D eigenvalue weighted by Crippen LogP contribution is 2.40. The summed E-state index contributed by atoms with van der Waals surface area (Å²) < 4.78 is 15.9. The monoisotopic (exact) mass is 831 g/mol. The van der Waals surface area contributed by atoms with Crippen LogP contribution in [0.5, 0.6) is 0 Å². The van der Waals surface area contributed by atoms with Crippen molar-refractivity contribution in [2.24, 2.45) is 11.8 Å². The molecule has 0 aliphatic carbocycles. The summed E-state index contributed by atoms with van der Waals surface area (Å²) in [5.41, 5.74) is 5.03. The number of imidazole rings is 2. The molecule has 4 saturated heterocycles. The van der Waals surface area contributed by atoms with E-state index in [4.69, 9.17) is 47.4 Å². The van der Waals surface area contributed by atoms with Gasteiger partial charge in [0.1, 0.15) is 39.4 Å². The zero-order chi connectivity index (χ0) is 40.3. The molecule has 308 valence electrons. The average Bonchev–Trinajstić information content (AvgIpc) is 4.06. The first-order valence-electron chi connectivity index (χ1n) is 20.5. The third-order valence-electron chi connectivity index (χ3n) is 12.4. The molecule has 2 aromatic heterocycles. The van der Waals surface area contributed by atoms with E-state index in [1.807, 2.05) is 65.3 Å². The van der Waals surface area contributed by atoms with E-state index >= 15 is 0 Å². The Morgan fingerprint density at radius 3 is 1.88 bits per heavy atom. The Labute approximate surface area is 348 Å². The van der Waals surface area contributed by atoms with E-state index in [1.165, 1.54) is 7.11 Å². The minimum atomic E-state index is -0.730. The third-order valence-corrected chi connectivity index (χ3v) is 12.9. The molecule has 6 heterocycles. The zero-order valence-corrected chi connectivity index (χ0v) is 34.5. The first-order valence-corrected chi connectivity index (χ1v) is 21.3. The molecule has 0 spiro atoms. The van der Waals surface area contributed by atoms with Crippen molar-refractivity contribution in [1.82, 2.24) is 35.1 Å². The van der Waals surface area contributed by atoms with E-state index in [9.17, 15) is 14.4 Å². The van der Waals surface area contributed by atoms with Crippen molar-refractivity contribution >= 4 is 41.1 Å². The normalized spacial score (nSPS) is 22.3. The number of halogens is 2. The number of methoxy groups -OCH3 is 1. The Balaban J connectivity index is 0.946. The smallest absolute Gasteiger partial charge is 0.407 e. The van der Waals surface area contributed by atoms with Crippen LogP contribution in [0.15, 0.2) is 48.5 Å². The fourth-order valence-corrected chi connectivity index (χ4v) is 9.64. The Morgan fingerprint density at radius 2 is 1.31 bits per heavy atom. The number of H-pyrrole nitrogens is 2. The molecule has 4 aliphatic rings. The number of hydrogen-bond acceptors (Lipinski definition) is 8. The lowest BCUT2D eigenvalue weighted by Gasteiger charge is -2.36. The lowest BCUT2D eigenvalue weighted by atomic mass is 9.90. The van der Waals surface area contributed by atoms with Crippen LogP contribution in [0.1, 0.15) is 88.4 Å². The Morgan fingerprint density at radius 1 is 0.776 bits per heavy atom. The standard InChI is InChI=1S/C43H51Cl2N7O6/c1-25-5-14-33(52(25)42(54)37(48-43(55)56-2)31-17-22-58-23-18-31)41-47-36(39(45)50-41)30-12-8-28(9-13-30)27-6-10-29(11-7-27)35-38(44)49-40(46-35)32-4-3-19-51(32)34(53)24-26-15-20-57-21-16-26/h6-13,25-26,31-33,37H,3-5,14-24H2,1-2H3,(H,46,49)(H,47,50)(H,48,55)/t25-,32-,33-,37-/m0/s1. The predicted octanol–water partition coefficient (Wildman–Crippen LogP) is 8.12. The first kappa shape index (κ1) is 40.4. The summed E-state index contributed by atoms with van der Waals surface area (Å²) in [6.07, 6.45) is 6.43. The first-order chi connectivity index (χ1) is 28.2. The molecular weight excluding hydrogens is 781 g/mol. The van der Waals surface area contributed by atoms with Crippen molar-refractivity contribution in [1.29, 1.82) is 0 Å². The number of rotatable bonds is 10. The van der Waals surface area contributed by atoms with Crippen molar-refractivity contribution in [3.8, 4) is 33.6 Å². The number of carbonyl (C=O) groups excluding carboxylic acids is 3. The van der Waals surface area contributed by atoms with Gasteiger partial charge in [-0.25, -0.2) is 14.8 Å². The van der Waals surface area contributed by atoms with Gasteiger partial charge in [-0.05, 0) is 81.3 Å². The summed E-state index contributed by atoms with van der Waals surface area (Å²) in [6.45, 7) is 5.30. The van der Waals surface area contributed by atoms with Gasteiger partial charge in [0, 0.05) is 56.6 Å². The molecule has 8 rings (SSSR count). The Hall–Kier alpha value is -4.43. The molecule has 4 aromatic rings. The summed E-state index contributed by atoms with van der Waals surface area (Å²) in [7, 11) is 1.30. The molecule has 0 unspecified atom stereocenters. The van der Waals surface area contributed by atoms with Gasteiger partial charge in [-0.1, -0.05) is 71.7 Å². The quantitative estimate of drug-likeness (QED) is 0.145. The van der Waals surface area contributed by atoms with Crippen LogP contribution in [0.2, 0.25) is 10.3 Å². The number of aromatic nitrogens is 4. The average molecular weight is 833 g/mol. The van der Waals surface area contributed by atoms with Gasteiger partial charge < -0.3 is 39.3 Å². The largest absolute Gasteiger partial charge is 0.453 e. The third kappa shape index (κ3) is 8.50. The molecule has 0 radical (unpaired) electrons. The fraction of sp³-hybridized carbons (Fsp3) is 0.512. The highest BCUT2D eigenvalue weighted by Gasteiger charge is 2.43. The van der Waals surface area contributed by atoms with Crippen LogP contribution in [-0.2, 0) is 23.8 Å². The summed E-state index contributed by atoms with van der Waals surface area (Å²) in [4.78, 5) is 60.1. The molecule has 4 atom stereocenters. The fourth-order valence-electron chi connectivity index (χ4n) is 9.14. The number of nitrogens with one attached hydrogen (secondary N) is 3. The Kier molecular flexibility index (Phi) is 12.4. The minimum Gasteiger partial charge on any atom is -0.453 e. The van der Waals surface area contributed by atoms with E-state index < -0.39 is 12.1 Å². The molecule has 3 amide bonds. The SMILES string of the molecule is COC(=O)N[C@H](C(=O)N1[C@@H](C)CC[C@H]1c1nc(-c2ccc(-c3ccc(-c4nc([C@@H]5CCCN5C(=O)CC5CCOCC5)[nH]c4Cl)cc3)cc2)c(Cl)[nH]1)C1CCOCC1.